The third-order valence-electron chi connectivity index (χ3n) is 6.78. The summed E-state index contributed by atoms with van der Waals surface area (Å²) in [4.78, 5) is 33.0. The van der Waals surface area contributed by atoms with Crippen molar-refractivity contribution >= 4 is 28.9 Å². The fourth-order valence-electron chi connectivity index (χ4n) is 4.95. The largest absolute Gasteiger partial charge is 0.343 e. The zero-order valence-corrected chi connectivity index (χ0v) is 19.5. The Balaban J connectivity index is 1.02. The van der Waals surface area contributed by atoms with Crippen molar-refractivity contribution in [3.63, 3.8) is 0 Å². The van der Waals surface area contributed by atoms with Gasteiger partial charge in [0.25, 0.3) is 5.91 Å². The number of benzene rings is 2. The van der Waals surface area contributed by atoms with Crippen LogP contribution in [0, 0.1) is 5.41 Å². The van der Waals surface area contributed by atoms with Gasteiger partial charge in [0, 0.05) is 48.8 Å². The van der Waals surface area contributed by atoms with Gasteiger partial charge in [-0.15, -0.1) is 9.36 Å². The Morgan fingerprint density at radius 1 is 1.11 bits per heavy atom. The van der Waals surface area contributed by atoms with Crippen molar-refractivity contribution in [3.05, 3.63) is 54.1 Å². The molecule has 2 amide bonds. The lowest BCUT2D eigenvalue weighted by Crippen LogP contribution is -2.73. The van der Waals surface area contributed by atoms with Crippen LogP contribution in [0.5, 0.6) is 0 Å². The van der Waals surface area contributed by atoms with E-state index < -0.39 is 0 Å². The van der Waals surface area contributed by atoms with Crippen molar-refractivity contribution in [2.75, 3.05) is 37.6 Å². The zero-order chi connectivity index (χ0) is 24.2. The molecule has 0 saturated carbocycles. The molecule has 35 heavy (non-hydrogen) atoms. The first-order chi connectivity index (χ1) is 16.9. The highest BCUT2D eigenvalue weighted by Gasteiger charge is 2.54. The molecule has 2 aromatic carbocycles. The second-order valence-electron chi connectivity index (χ2n) is 9.40. The number of carbonyl (C=O) groups excluding carboxylic acids is 2. The molecule has 0 atom stereocenters. The Morgan fingerprint density at radius 3 is 2.66 bits per heavy atom. The summed E-state index contributed by atoms with van der Waals surface area (Å²) in [6.07, 6.45) is 0. The van der Waals surface area contributed by atoms with E-state index in [1.54, 1.807) is 29.2 Å². The minimum Gasteiger partial charge on any atom is -0.343 e. The molecule has 0 bridgehead atoms. The van der Waals surface area contributed by atoms with Crippen LogP contribution >= 0.6 is 0 Å². The Kier molecular flexibility index (Phi) is 4.80. The summed E-state index contributed by atoms with van der Waals surface area (Å²) >= 11 is 0. The maximum atomic E-state index is 12.5. The molecule has 2 aliphatic rings. The number of hydrogen-bond acceptors (Lipinski definition) is 7. The maximum absolute atomic E-state index is 12.5. The highest BCUT2D eigenvalue weighted by atomic mass is 16.5. The summed E-state index contributed by atoms with van der Waals surface area (Å²) in [5, 5.41) is 11.2. The van der Waals surface area contributed by atoms with Crippen molar-refractivity contribution in [2.45, 2.75) is 0 Å². The lowest BCUT2D eigenvalue weighted by Gasteiger charge is -2.59. The van der Waals surface area contributed by atoms with Crippen LogP contribution in [0.1, 0.15) is 10.4 Å². The standard InChI is InChI=1S/C24H24N8O3/c1-29-18-9-8-17(10-19(18)30(2)28-29)21-26-23(35-27-21)32-14-24(15-32)12-31(13-24)20(33)11-25-22(34)16-6-4-3-5-7-16/h3-10H,11-15H2,1-2H3/p+1. The third kappa shape index (κ3) is 3.69. The van der Waals surface area contributed by atoms with Crippen LogP contribution in [-0.2, 0) is 18.9 Å². The highest BCUT2D eigenvalue weighted by molar-refractivity contribution is 5.96. The van der Waals surface area contributed by atoms with Crippen LogP contribution < -0.4 is 14.9 Å². The molecule has 11 heteroatoms. The molecule has 1 spiro atoms. The molecular formula is C24H25N8O3+. The fourth-order valence-corrected chi connectivity index (χ4v) is 4.95. The number of aromatic nitrogens is 5. The number of rotatable bonds is 5. The first-order valence-corrected chi connectivity index (χ1v) is 11.4. The molecule has 2 aliphatic heterocycles. The van der Waals surface area contributed by atoms with Crippen LogP contribution in [0.25, 0.3) is 22.4 Å². The minimum atomic E-state index is -0.243. The van der Waals surface area contributed by atoms with Crippen LogP contribution in [0.4, 0.5) is 6.01 Å². The summed E-state index contributed by atoms with van der Waals surface area (Å²) < 4.78 is 9.16. The zero-order valence-electron chi connectivity index (χ0n) is 19.5. The monoisotopic (exact) mass is 473 g/mol. The second kappa shape index (κ2) is 7.90. The number of nitrogens with one attached hydrogen (secondary N) is 1. The van der Waals surface area contributed by atoms with E-state index in [-0.39, 0.29) is 23.8 Å². The van der Waals surface area contributed by atoms with E-state index in [2.05, 4.69) is 20.7 Å². The van der Waals surface area contributed by atoms with E-state index >= 15 is 0 Å². The Bertz CT molecular complexity index is 1430. The highest BCUT2D eigenvalue weighted by Crippen LogP contribution is 2.41. The van der Waals surface area contributed by atoms with E-state index in [4.69, 9.17) is 4.52 Å². The molecule has 0 radical (unpaired) electrons. The number of likely N-dealkylation sites (tertiary alicyclic amines) is 1. The molecule has 4 aromatic rings. The van der Waals surface area contributed by atoms with Crippen molar-refractivity contribution in [1.82, 2.24) is 30.3 Å². The van der Waals surface area contributed by atoms with Gasteiger partial charge in [0.15, 0.2) is 11.0 Å². The average molecular weight is 474 g/mol. The Labute approximate surface area is 200 Å². The summed E-state index contributed by atoms with van der Waals surface area (Å²) in [7, 11) is 3.81. The summed E-state index contributed by atoms with van der Waals surface area (Å²) in [5.41, 5.74) is 3.47. The van der Waals surface area contributed by atoms with Crippen LogP contribution in [0.3, 0.4) is 0 Å². The molecule has 2 fully saturated rings. The van der Waals surface area contributed by atoms with Crippen molar-refractivity contribution in [1.29, 1.82) is 0 Å². The predicted octanol–water partition coefficient (Wildman–Crippen LogP) is 0.526. The van der Waals surface area contributed by atoms with Gasteiger partial charge in [0.05, 0.1) is 11.8 Å². The Morgan fingerprint density at radius 2 is 1.89 bits per heavy atom. The van der Waals surface area contributed by atoms with E-state index in [0.29, 0.717) is 30.5 Å². The van der Waals surface area contributed by atoms with Gasteiger partial charge in [0.2, 0.25) is 11.7 Å². The molecule has 0 aliphatic carbocycles. The van der Waals surface area contributed by atoms with E-state index in [1.807, 2.05) is 52.6 Å². The molecule has 2 saturated heterocycles. The second-order valence-corrected chi connectivity index (χ2v) is 9.40. The summed E-state index contributed by atoms with van der Waals surface area (Å²) in [5.74, 6) is 0.219. The van der Waals surface area contributed by atoms with Gasteiger partial charge in [0.1, 0.15) is 14.1 Å². The van der Waals surface area contributed by atoms with E-state index in [9.17, 15) is 9.59 Å². The van der Waals surface area contributed by atoms with Crippen molar-refractivity contribution in [2.24, 2.45) is 19.5 Å². The SMILES string of the molecule is Cn1n[n+](C)c2ccc(-c3noc(N4CC5(CN(C(=O)CNC(=O)c6ccccc6)C5)C4)n3)cc21. The van der Waals surface area contributed by atoms with Gasteiger partial charge in [-0.05, 0) is 24.3 Å². The molecule has 2 aromatic heterocycles. The van der Waals surface area contributed by atoms with E-state index in [1.165, 1.54) is 0 Å². The lowest BCUT2D eigenvalue weighted by atomic mass is 9.73. The number of nitrogens with zero attached hydrogens (tertiary/aromatic N) is 7. The van der Waals surface area contributed by atoms with Crippen LogP contribution in [-0.4, -0.2) is 69.5 Å². The number of hydrogen-bond donors (Lipinski definition) is 1. The number of amides is 2. The quantitative estimate of drug-likeness (QED) is 0.421. The van der Waals surface area contributed by atoms with Crippen LogP contribution in [0.15, 0.2) is 53.1 Å². The fraction of sp³-hybridized carbons (Fsp3) is 0.333. The van der Waals surface area contributed by atoms with Gasteiger partial charge in [-0.3, -0.25) is 9.59 Å². The predicted molar refractivity (Wildman–Crippen MR) is 125 cm³/mol. The molecule has 6 rings (SSSR count). The van der Waals surface area contributed by atoms with E-state index in [0.717, 1.165) is 29.7 Å². The first kappa shape index (κ1) is 21.3. The molecule has 0 unspecified atom stereocenters. The van der Waals surface area contributed by atoms with Crippen molar-refractivity contribution < 1.29 is 18.8 Å². The smallest absolute Gasteiger partial charge is 0.324 e. The summed E-state index contributed by atoms with van der Waals surface area (Å²) in [6.45, 7) is 2.84. The molecule has 4 heterocycles. The van der Waals surface area contributed by atoms with Gasteiger partial charge in [-0.25, -0.2) is 0 Å². The van der Waals surface area contributed by atoms with Gasteiger partial charge < -0.3 is 19.6 Å². The van der Waals surface area contributed by atoms with Gasteiger partial charge in [-0.2, -0.15) is 4.98 Å². The third-order valence-corrected chi connectivity index (χ3v) is 6.78. The average Bonchev–Trinajstić information content (AvgIpc) is 3.41. The first-order valence-electron chi connectivity index (χ1n) is 11.4. The molecular weight excluding hydrogens is 448 g/mol. The lowest BCUT2D eigenvalue weighted by molar-refractivity contribution is -0.708. The normalized spacial score (nSPS) is 16.3. The van der Waals surface area contributed by atoms with Crippen LogP contribution in [0.2, 0.25) is 0 Å². The molecule has 11 nitrogen and oxygen atoms in total. The molecule has 178 valence electrons. The topological polar surface area (TPSA) is 113 Å². The van der Waals surface area contributed by atoms with Crippen molar-refractivity contribution in [3.8, 4) is 11.4 Å². The maximum Gasteiger partial charge on any atom is 0.324 e. The number of anilines is 1. The van der Waals surface area contributed by atoms with Gasteiger partial charge in [-0.1, -0.05) is 23.4 Å². The molecule has 1 N–H and O–H groups in total. The Hall–Kier alpha value is -4.28. The summed E-state index contributed by atoms with van der Waals surface area (Å²) in [6, 6.07) is 15.3. The number of fused-ring (bicyclic) bond motifs is 1. The number of carbonyl (C=O) groups is 2. The van der Waals surface area contributed by atoms with Gasteiger partial charge >= 0.3 is 6.01 Å². The number of aryl methyl sites for hydroxylation is 2. The minimum absolute atomic E-state index is 0.000417.